The Morgan fingerprint density at radius 3 is 2.94 bits per heavy atom. The predicted molar refractivity (Wildman–Crippen MR) is 65.5 cm³/mol. The van der Waals surface area contributed by atoms with Gasteiger partial charge in [-0.05, 0) is 30.5 Å². The number of aromatic nitrogens is 4. The van der Waals surface area contributed by atoms with Gasteiger partial charge in [-0.3, -0.25) is 5.10 Å². The molecule has 0 atom stereocenters. The van der Waals surface area contributed by atoms with Crippen LogP contribution >= 0.6 is 11.6 Å². The fraction of sp³-hybridized carbons (Fsp3) is 0.364. The molecular weight excluding hydrogens is 238 g/mol. The quantitative estimate of drug-likeness (QED) is 0.821. The van der Waals surface area contributed by atoms with E-state index >= 15 is 0 Å². The molecule has 0 amide bonds. The number of hydrogen-bond donors (Lipinski definition) is 2. The molecule has 0 aromatic carbocycles. The van der Waals surface area contributed by atoms with E-state index in [1.165, 1.54) is 25.0 Å². The van der Waals surface area contributed by atoms with E-state index in [1.807, 2.05) is 6.07 Å². The molecule has 2 aromatic rings. The summed E-state index contributed by atoms with van der Waals surface area (Å²) in [6, 6.07) is 3.78. The highest BCUT2D eigenvalue weighted by molar-refractivity contribution is 6.28. The molecule has 0 saturated heterocycles. The highest BCUT2D eigenvalue weighted by Gasteiger charge is 2.21. The van der Waals surface area contributed by atoms with Crippen molar-refractivity contribution in [3.63, 3.8) is 0 Å². The van der Waals surface area contributed by atoms with Gasteiger partial charge in [-0.25, -0.2) is 9.97 Å². The van der Waals surface area contributed by atoms with Gasteiger partial charge in [0.1, 0.15) is 5.82 Å². The molecule has 0 radical (unpaired) electrons. The van der Waals surface area contributed by atoms with Crippen LogP contribution < -0.4 is 5.32 Å². The molecule has 0 aliphatic heterocycles. The molecule has 0 spiro atoms. The van der Waals surface area contributed by atoms with Crippen LogP contribution in [0.1, 0.15) is 30.9 Å². The van der Waals surface area contributed by atoms with Crippen molar-refractivity contribution in [2.75, 3.05) is 5.32 Å². The first-order valence-electron chi connectivity index (χ1n) is 5.62. The van der Waals surface area contributed by atoms with Crippen molar-refractivity contribution in [3.8, 4) is 0 Å². The number of halogens is 1. The monoisotopic (exact) mass is 249 g/mol. The normalized spacial score (nSPS) is 15.6. The molecule has 3 rings (SSSR count). The predicted octanol–water partition coefficient (Wildman–Crippen LogP) is 2.86. The molecule has 1 aliphatic carbocycles. The summed E-state index contributed by atoms with van der Waals surface area (Å²) in [6.45, 7) is 0. The molecule has 88 valence electrons. The molecule has 2 aromatic heterocycles. The summed E-state index contributed by atoms with van der Waals surface area (Å²) in [6.07, 6.45) is 5.42. The maximum atomic E-state index is 5.71. The Labute approximate surface area is 104 Å². The van der Waals surface area contributed by atoms with Gasteiger partial charge in [-0.1, -0.05) is 6.42 Å². The fourth-order valence-electron chi connectivity index (χ4n) is 1.86. The van der Waals surface area contributed by atoms with Crippen LogP contribution in [0.15, 0.2) is 18.3 Å². The summed E-state index contributed by atoms with van der Waals surface area (Å²) < 4.78 is 0. The van der Waals surface area contributed by atoms with Crippen molar-refractivity contribution >= 4 is 23.2 Å². The Morgan fingerprint density at radius 1 is 1.35 bits per heavy atom. The molecule has 2 heterocycles. The van der Waals surface area contributed by atoms with Gasteiger partial charge in [0.2, 0.25) is 5.28 Å². The third-order valence-electron chi connectivity index (χ3n) is 3.02. The Bertz CT molecular complexity index is 520. The first kappa shape index (κ1) is 10.5. The van der Waals surface area contributed by atoms with Crippen molar-refractivity contribution in [1.29, 1.82) is 0 Å². The molecule has 17 heavy (non-hydrogen) atoms. The van der Waals surface area contributed by atoms with Crippen LogP contribution in [0.5, 0.6) is 0 Å². The number of H-pyrrole nitrogens is 1. The first-order valence-corrected chi connectivity index (χ1v) is 6.00. The number of aromatic amines is 1. The molecule has 6 heteroatoms. The van der Waals surface area contributed by atoms with Crippen molar-refractivity contribution in [2.45, 2.75) is 25.2 Å². The van der Waals surface area contributed by atoms with Crippen molar-refractivity contribution < 1.29 is 0 Å². The van der Waals surface area contributed by atoms with Crippen LogP contribution in [0.4, 0.5) is 11.6 Å². The maximum Gasteiger partial charge on any atom is 0.224 e. The number of nitrogens with zero attached hydrogens (tertiary/aromatic N) is 3. The van der Waals surface area contributed by atoms with Gasteiger partial charge in [0.25, 0.3) is 0 Å². The summed E-state index contributed by atoms with van der Waals surface area (Å²) in [5.74, 6) is 2.06. The Kier molecular flexibility index (Phi) is 2.68. The van der Waals surface area contributed by atoms with Crippen LogP contribution in [0.3, 0.4) is 0 Å². The zero-order valence-corrected chi connectivity index (χ0v) is 9.91. The van der Waals surface area contributed by atoms with Gasteiger partial charge in [0.05, 0.1) is 0 Å². The minimum absolute atomic E-state index is 0.227. The van der Waals surface area contributed by atoms with E-state index in [2.05, 4.69) is 25.5 Å². The third kappa shape index (κ3) is 2.24. The molecule has 2 N–H and O–H groups in total. The minimum Gasteiger partial charge on any atom is -0.323 e. The molecule has 1 fully saturated rings. The van der Waals surface area contributed by atoms with Crippen molar-refractivity contribution in [1.82, 2.24) is 20.2 Å². The number of rotatable bonds is 3. The Hall–Kier alpha value is -1.62. The van der Waals surface area contributed by atoms with E-state index in [4.69, 9.17) is 11.6 Å². The van der Waals surface area contributed by atoms with E-state index in [0.717, 1.165) is 5.82 Å². The summed E-state index contributed by atoms with van der Waals surface area (Å²) >= 11 is 5.71. The van der Waals surface area contributed by atoms with E-state index in [1.54, 1.807) is 12.3 Å². The van der Waals surface area contributed by atoms with Gasteiger partial charge in [0.15, 0.2) is 5.82 Å². The van der Waals surface area contributed by atoms with Gasteiger partial charge in [0, 0.05) is 23.9 Å². The smallest absolute Gasteiger partial charge is 0.224 e. The topological polar surface area (TPSA) is 66.5 Å². The first-order chi connectivity index (χ1) is 8.31. The second kappa shape index (κ2) is 4.33. The highest BCUT2D eigenvalue weighted by Crippen LogP contribution is 2.36. The Morgan fingerprint density at radius 2 is 2.24 bits per heavy atom. The van der Waals surface area contributed by atoms with Crippen LogP contribution in [-0.4, -0.2) is 20.2 Å². The average Bonchev–Trinajstić information content (AvgIpc) is 2.63. The molecule has 0 bridgehead atoms. The summed E-state index contributed by atoms with van der Waals surface area (Å²) in [4.78, 5) is 7.87. The summed E-state index contributed by atoms with van der Waals surface area (Å²) in [7, 11) is 0. The fourth-order valence-corrected chi connectivity index (χ4v) is 2.01. The molecule has 1 saturated carbocycles. The van der Waals surface area contributed by atoms with Gasteiger partial charge >= 0.3 is 0 Å². The number of hydrogen-bond acceptors (Lipinski definition) is 4. The lowest BCUT2D eigenvalue weighted by Gasteiger charge is -2.23. The van der Waals surface area contributed by atoms with E-state index in [0.29, 0.717) is 11.7 Å². The van der Waals surface area contributed by atoms with Crippen LogP contribution in [0.2, 0.25) is 5.28 Å². The van der Waals surface area contributed by atoms with Crippen molar-refractivity contribution in [3.05, 3.63) is 29.3 Å². The molecular formula is C11H12ClN5. The van der Waals surface area contributed by atoms with E-state index in [9.17, 15) is 0 Å². The summed E-state index contributed by atoms with van der Waals surface area (Å²) in [5.41, 5.74) is 1.19. The molecule has 1 aliphatic rings. The highest BCUT2D eigenvalue weighted by atomic mass is 35.5. The van der Waals surface area contributed by atoms with Crippen LogP contribution in [0.25, 0.3) is 0 Å². The zero-order valence-electron chi connectivity index (χ0n) is 9.15. The van der Waals surface area contributed by atoms with Crippen molar-refractivity contribution in [2.24, 2.45) is 0 Å². The standard InChI is InChI=1S/C11H12ClN5/c12-11-13-5-4-9(15-11)14-10-6-8(16-17-10)7-2-1-3-7/h4-7H,1-3H2,(H2,13,14,15,16,17). The Balaban J connectivity index is 1.74. The van der Waals surface area contributed by atoms with Gasteiger partial charge in [-0.2, -0.15) is 5.10 Å². The average molecular weight is 250 g/mol. The lowest BCUT2D eigenvalue weighted by atomic mass is 9.83. The second-order valence-electron chi connectivity index (χ2n) is 4.17. The molecule has 5 nitrogen and oxygen atoms in total. The van der Waals surface area contributed by atoms with Gasteiger partial charge in [-0.15, -0.1) is 0 Å². The minimum atomic E-state index is 0.227. The number of anilines is 2. The lowest BCUT2D eigenvalue weighted by molar-refractivity contribution is 0.410. The van der Waals surface area contributed by atoms with E-state index < -0.39 is 0 Å². The third-order valence-corrected chi connectivity index (χ3v) is 3.21. The second-order valence-corrected chi connectivity index (χ2v) is 4.51. The van der Waals surface area contributed by atoms with Crippen LogP contribution in [-0.2, 0) is 0 Å². The molecule has 0 unspecified atom stereocenters. The van der Waals surface area contributed by atoms with Gasteiger partial charge < -0.3 is 5.32 Å². The summed E-state index contributed by atoms with van der Waals surface area (Å²) in [5, 5.41) is 10.6. The lowest BCUT2D eigenvalue weighted by Crippen LogP contribution is -2.08. The largest absolute Gasteiger partial charge is 0.323 e. The van der Waals surface area contributed by atoms with E-state index in [-0.39, 0.29) is 5.28 Å². The SMILES string of the molecule is Clc1nccc(Nc2cc(C3CCC3)[nH]n2)n1. The number of nitrogens with one attached hydrogen (secondary N) is 2. The zero-order chi connectivity index (χ0) is 11.7. The van der Waals surface area contributed by atoms with Crippen LogP contribution in [0, 0.1) is 0 Å². The maximum absolute atomic E-state index is 5.71.